The van der Waals surface area contributed by atoms with Crippen molar-refractivity contribution >= 4 is 0 Å². The van der Waals surface area contributed by atoms with Crippen LogP contribution < -0.4 is 5.56 Å². The van der Waals surface area contributed by atoms with Gasteiger partial charge in [0.1, 0.15) is 5.82 Å². The fourth-order valence-corrected chi connectivity index (χ4v) is 1.04. The Bertz CT molecular complexity index is 290. The fourth-order valence-electron chi connectivity index (χ4n) is 1.04. The molecule has 1 heterocycles. The first-order valence-electron chi connectivity index (χ1n) is 3.84. The van der Waals surface area contributed by atoms with Gasteiger partial charge in [0.15, 0.2) is 0 Å². The summed E-state index contributed by atoms with van der Waals surface area (Å²) in [4.78, 5) is 14.7. The van der Waals surface area contributed by atoms with Gasteiger partial charge in [0.2, 0.25) is 0 Å². The van der Waals surface area contributed by atoms with Crippen molar-refractivity contribution in [2.75, 3.05) is 0 Å². The molecule has 0 unspecified atom stereocenters. The zero-order chi connectivity index (χ0) is 8.27. The van der Waals surface area contributed by atoms with E-state index in [1.165, 1.54) is 6.07 Å². The molecule has 0 atom stereocenters. The molecule has 0 N–H and O–H groups in total. The van der Waals surface area contributed by atoms with E-state index in [2.05, 4.69) is 4.98 Å². The molecule has 0 aliphatic heterocycles. The van der Waals surface area contributed by atoms with Crippen LogP contribution in [0.3, 0.4) is 0 Å². The largest absolute Gasteiger partial charge is 0.336 e. The molecule has 1 aromatic rings. The van der Waals surface area contributed by atoms with Crippen LogP contribution in [0.25, 0.3) is 0 Å². The van der Waals surface area contributed by atoms with Crippen molar-refractivity contribution in [3.05, 3.63) is 28.4 Å². The Morgan fingerprint density at radius 1 is 1.55 bits per heavy atom. The summed E-state index contributed by atoms with van der Waals surface area (Å²) >= 11 is 0. The smallest absolute Gasteiger partial charge is 0.272 e. The average molecular weight is 152 g/mol. The molecule has 0 fully saturated rings. The molecule has 0 radical (unpaired) electrons. The van der Waals surface area contributed by atoms with Crippen LogP contribution in [-0.2, 0) is 13.0 Å². The molecule has 3 heteroatoms. The fraction of sp³-hybridized carbons (Fsp3) is 0.500. The molecule has 0 aromatic carbocycles. The predicted octanol–water partition coefficient (Wildman–Crippen LogP) is 0.826. The monoisotopic (exact) mass is 152 g/mol. The molecule has 0 bridgehead atoms. The lowest BCUT2D eigenvalue weighted by Gasteiger charge is -2.05. The highest BCUT2D eigenvalue weighted by molar-refractivity contribution is 4.92. The Hall–Kier alpha value is -1.12. The van der Waals surface area contributed by atoms with Crippen LogP contribution in [0.4, 0.5) is 0 Å². The number of rotatable bonds is 2. The van der Waals surface area contributed by atoms with Crippen molar-refractivity contribution in [2.45, 2.75) is 26.8 Å². The van der Waals surface area contributed by atoms with Gasteiger partial charge < -0.3 is 4.57 Å². The summed E-state index contributed by atoms with van der Waals surface area (Å²) in [6.45, 7) is 4.90. The molecule has 1 aromatic heterocycles. The zero-order valence-corrected chi connectivity index (χ0v) is 6.87. The second-order valence-corrected chi connectivity index (χ2v) is 2.32. The molecule has 0 aliphatic carbocycles. The minimum Gasteiger partial charge on any atom is -0.336 e. The first kappa shape index (κ1) is 7.98. The van der Waals surface area contributed by atoms with Crippen molar-refractivity contribution in [1.82, 2.24) is 9.55 Å². The van der Waals surface area contributed by atoms with E-state index in [9.17, 15) is 4.79 Å². The van der Waals surface area contributed by atoms with Gasteiger partial charge >= 0.3 is 0 Å². The standard InChI is InChI=1S/C8H12N2O/c1-3-7-9-8(11)5-6-10(7)4-2/h5-6H,3-4H2,1-2H3. The number of aryl methyl sites for hydroxylation is 2. The summed E-state index contributed by atoms with van der Waals surface area (Å²) in [5.41, 5.74) is -0.147. The maximum Gasteiger partial charge on any atom is 0.272 e. The van der Waals surface area contributed by atoms with Crippen molar-refractivity contribution < 1.29 is 0 Å². The second kappa shape index (κ2) is 3.32. The molecule has 1 rings (SSSR count). The normalized spacial score (nSPS) is 10.0. The lowest BCUT2D eigenvalue weighted by molar-refractivity contribution is 0.670. The summed E-state index contributed by atoms with van der Waals surface area (Å²) in [5, 5.41) is 0. The molecule has 0 spiro atoms. The van der Waals surface area contributed by atoms with Gasteiger partial charge in [-0.1, -0.05) is 6.92 Å². The first-order chi connectivity index (χ1) is 5.27. The first-order valence-corrected chi connectivity index (χ1v) is 3.84. The Labute approximate surface area is 65.7 Å². The van der Waals surface area contributed by atoms with Crippen molar-refractivity contribution in [3.63, 3.8) is 0 Å². The van der Waals surface area contributed by atoms with E-state index in [0.29, 0.717) is 0 Å². The van der Waals surface area contributed by atoms with Gasteiger partial charge in [0, 0.05) is 25.2 Å². The third kappa shape index (κ3) is 1.67. The Morgan fingerprint density at radius 3 is 2.82 bits per heavy atom. The van der Waals surface area contributed by atoms with Gasteiger partial charge in [0.05, 0.1) is 0 Å². The van der Waals surface area contributed by atoms with Crippen LogP contribution in [0.1, 0.15) is 19.7 Å². The Balaban J connectivity index is 3.16. The van der Waals surface area contributed by atoms with Crippen LogP contribution in [0.15, 0.2) is 17.1 Å². The number of nitrogens with zero attached hydrogens (tertiary/aromatic N) is 2. The topological polar surface area (TPSA) is 34.9 Å². The molecule has 3 nitrogen and oxygen atoms in total. The van der Waals surface area contributed by atoms with Gasteiger partial charge in [-0.2, -0.15) is 4.98 Å². The quantitative estimate of drug-likeness (QED) is 0.629. The summed E-state index contributed by atoms with van der Waals surface area (Å²) in [6.07, 6.45) is 2.60. The van der Waals surface area contributed by atoms with E-state index in [-0.39, 0.29) is 5.56 Å². The van der Waals surface area contributed by atoms with Gasteiger partial charge in [-0.15, -0.1) is 0 Å². The zero-order valence-electron chi connectivity index (χ0n) is 6.87. The molecule has 11 heavy (non-hydrogen) atoms. The maximum atomic E-state index is 10.8. The summed E-state index contributed by atoms with van der Waals surface area (Å²) < 4.78 is 1.97. The molecule has 0 saturated heterocycles. The van der Waals surface area contributed by atoms with Crippen LogP contribution in [0.5, 0.6) is 0 Å². The molecular formula is C8H12N2O. The van der Waals surface area contributed by atoms with E-state index >= 15 is 0 Å². The van der Waals surface area contributed by atoms with Crippen molar-refractivity contribution in [3.8, 4) is 0 Å². The van der Waals surface area contributed by atoms with E-state index in [1.807, 2.05) is 18.4 Å². The Kier molecular flexibility index (Phi) is 2.41. The lowest BCUT2D eigenvalue weighted by Crippen LogP contribution is -2.14. The lowest BCUT2D eigenvalue weighted by atomic mass is 10.4. The average Bonchev–Trinajstić information content (AvgIpc) is 2.04. The third-order valence-corrected chi connectivity index (χ3v) is 1.62. The summed E-state index contributed by atoms with van der Waals surface area (Å²) in [7, 11) is 0. The summed E-state index contributed by atoms with van der Waals surface area (Å²) in [5.74, 6) is 0.861. The van der Waals surface area contributed by atoms with Gasteiger partial charge in [0.25, 0.3) is 5.56 Å². The highest BCUT2D eigenvalue weighted by Crippen LogP contribution is 1.92. The van der Waals surface area contributed by atoms with Crippen molar-refractivity contribution in [1.29, 1.82) is 0 Å². The molecule has 0 saturated carbocycles. The minimum absolute atomic E-state index is 0.147. The Morgan fingerprint density at radius 2 is 2.27 bits per heavy atom. The molecule has 60 valence electrons. The molecule has 0 amide bonds. The van der Waals surface area contributed by atoms with E-state index in [1.54, 1.807) is 6.20 Å². The van der Waals surface area contributed by atoms with Crippen LogP contribution in [0.2, 0.25) is 0 Å². The number of aromatic nitrogens is 2. The number of hydrogen-bond acceptors (Lipinski definition) is 2. The highest BCUT2D eigenvalue weighted by atomic mass is 16.1. The maximum absolute atomic E-state index is 10.8. The van der Waals surface area contributed by atoms with Gasteiger partial charge in [-0.25, -0.2) is 0 Å². The van der Waals surface area contributed by atoms with Crippen LogP contribution >= 0.6 is 0 Å². The van der Waals surface area contributed by atoms with E-state index in [0.717, 1.165) is 18.8 Å². The summed E-state index contributed by atoms with van der Waals surface area (Å²) in [6, 6.07) is 1.49. The van der Waals surface area contributed by atoms with E-state index in [4.69, 9.17) is 0 Å². The van der Waals surface area contributed by atoms with Gasteiger partial charge in [-0.3, -0.25) is 4.79 Å². The number of hydrogen-bond donors (Lipinski definition) is 0. The highest BCUT2D eigenvalue weighted by Gasteiger charge is 1.96. The van der Waals surface area contributed by atoms with Gasteiger partial charge in [-0.05, 0) is 6.92 Å². The van der Waals surface area contributed by atoms with Crippen LogP contribution in [0, 0.1) is 0 Å². The second-order valence-electron chi connectivity index (χ2n) is 2.32. The molecule has 0 aliphatic rings. The predicted molar refractivity (Wildman–Crippen MR) is 43.5 cm³/mol. The van der Waals surface area contributed by atoms with Crippen LogP contribution in [-0.4, -0.2) is 9.55 Å². The minimum atomic E-state index is -0.147. The van der Waals surface area contributed by atoms with E-state index < -0.39 is 0 Å². The third-order valence-electron chi connectivity index (χ3n) is 1.62. The molecular weight excluding hydrogens is 140 g/mol. The SMILES string of the molecule is CCc1nc(=O)ccn1CC. The van der Waals surface area contributed by atoms with Crippen molar-refractivity contribution in [2.24, 2.45) is 0 Å².